The van der Waals surface area contributed by atoms with E-state index in [0.29, 0.717) is 25.9 Å². The fraction of sp³-hybridized carbons (Fsp3) is 0.500. The van der Waals surface area contributed by atoms with Crippen LogP contribution in [0.2, 0.25) is 0 Å². The second kappa shape index (κ2) is 14.0. The Hall–Kier alpha value is -3.30. The number of likely N-dealkylation sites (tertiary alicyclic amines) is 1. The van der Waals surface area contributed by atoms with Crippen LogP contribution in [0.25, 0.3) is 0 Å². The maximum Gasteiger partial charge on any atom is 0.410 e. The lowest BCUT2D eigenvalue weighted by Crippen LogP contribution is -2.49. The molecule has 0 radical (unpaired) electrons. The maximum absolute atomic E-state index is 14.8. The number of halogens is 2. The predicted molar refractivity (Wildman–Crippen MR) is 158 cm³/mol. The minimum absolute atomic E-state index is 0.0498. The van der Waals surface area contributed by atoms with E-state index in [1.54, 1.807) is 32.6 Å². The number of nitrogens with zero attached hydrogens (tertiary/aromatic N) is 3. The molecule has 0 bridgehead atoms. The summed E-state index contributed by atoms with van der Waals surface area (Å²) in [6, 6.07) is 6.64. The Bertz CT molecular complexity index is 1430. The molecule has 1 aliphatic heterocycles. The Morgan fingerprint density at radius 1 is 1.21 bits per heavy atom. The normalized spacial score (nSPS) is 15.2. The van der Waals surface area contributed by atoms with Gasteiger partial charge in [0.2, 0.25) is 10.0 Å². The average Bonchev–Trinajstić information content (AvgIpc) is 2.94. The van der Waals surface area contributed by atoms with Gasteiger partial charge >= 0.3 is 12.1 Å². The van der Waals surface area contributed by atoms with Crippen molar-refractivity contribution in [2.75, 3.05) is 33.4 Å². The third-order valence-electron chi connectivity index (χ3n) is 6.95. The fourth-order valence-electron chi connectivity index (χ4n) is 4.79. The van der Waals surface area contributed by atoms with Crippen LogP contribution in [0.1, 0.15) is 50.9 Å². The molecular weight excluding hydrogens is 653 g/mol. The summed E-state index contributed by atoms with van der Waals surface area (Å²) in [4.78, 5) is 36.4. The summed E-state index contributed by atoms with van der Waals surface area (Å²) in [5, 5.41) is 11.7. The molecule has 0 spiro atoms. The summed E-state index contributed by atoms with van der Waals surface area (Å²) >= 11 is 3.17. The highest BCUT2D eigenvalue weighted by Gasteiger charge is 2.39. The van der Waals surface area contributed by atoms with E-state index in [2.05, 4.69) is 20.7 Å². The molecule has 0 N–H and O–H groups in total. The molecule has 2 aromatic rings. The van der Waals surface area contributed by atoms with Gasteiger partial charge < -0.3 is 19.1 Å². The summed E-state index contributed by atoms with van der Waals surface area (Å²) in [5.41, 5.74) is -1.29. The zero-order chi connectivity index (χ0) is 32.1. The smallest absolute Gasteiger partial charge is 0.410 e. The lowest BCUT2D eigenvalue weighted by molar-refractivity contribution is -0.387. The van der Waals surface area contributed by atoms with E-state index in [4.69, 9.17) is 9.47 Å². The van der Waals surface area contributed by atoms with Crippen molar-refractivity contribution < 1.29 is 41.5 Å². The van der Waals surface area contributed by atoms with Crippen LogP contribution in [0.5, 0.6) is 5.75 Å². The van der Waals surface area contributed by atoms with Crippen LogP contribution in [0.15, 0.2) is 45.8 Å². The molecule has 236 valence electrons. The first kappa shape index (κ1) is 34.2. The highest BCUT2D eigenvalue weighted by Crippen LogP contribution is 2.33. The monoisotopic (exact) mass is 687 g/mol. The fourth-order valence-corrected chi connectivity index (χ4v) is 7.18. The van der Waals surface area contributed by atoms with Crippen LogP contribution in [0.3, 0.4) is 0 Å². The predicted octanol–water partition coefficient (Wildman–Crippen LogP) is 5.39. The van der Waals surface area contributed by atoms with E-state index in [0.717, 1.165) is 23.5 Å². The topological polar surface area (TPSA) is 146 Å². The van der Waals surface area contributed by atoms with Gasteiger partial charge in [-0.2, -0.15) is 4.31 Å². The van der Waals surface area contributed by atoms with Gasteiger partial charge in [0.1, 0.15) is 12.2 Å². The van der Waals surface area contributed by atoms with Gasteiger partial charge in [-0.25, -0.2) is 22.4 Å². The van der Waals surface area contributed by atoms with E-state index in [9.17, 15) is 32.5 Å². The molecule has 1 saturated heterocycles. The van der Waals surface area contributed by atoms with Crippen LogP contribution in [-0.4, -0.2) is 79.6 Å². The first-order valence-corrected chi connectivity index (χ1v) is 15.7. The number of nitro benzene ring substituents is 1. The number of carbonyl (C=O) groups is 2. The van der Waals surface area contributed by atoms with Crippen LogP contribution < -0.4 is 4.74 Å². The zero-order valence-corrected chi connectivity index (χ0v) is 26.9. The number of para-hydroxylation sites is 1. The minimum Gasteiger partial charge on any atom is -0.488 e. The number of carbonyl (C=O) groups excluding carboxylic acids is 2. The first-order valence-electron chi connectivity index (χ1n) is 13.5. The molecule has 1 fully saturated rings. The number of hydrogen-bond acceptors (Lipinski definition) is 9. The van der Waals surface area contributed by atoms with Crippen molar-refractivity contribution in [3.05, 3.63) is 62.4 Å². The molecule has 1 atom stereocenters. The van der Waals surface area contributed by atoms with Crippen molar-refractivity contribution in [1.29, 1.82) is 0 Å². The van der Waals surface area contributed by atoms with Crippen LogP contribution in [0.4, 0.5) is 14.9 Å². The second-order valence-electron chi connectivity index (χ2n) is 11.0. The number of hydrogen-bond donors (Lipinski definition) is 0. The van der Waals surface area contributed by atoms with E-state index in [1.165, 1.54) is 24.3 Å². The molecule has 1 heterocycles. The third-order valence-corrected chi connectivity index (χ3v) is 9.58. The number of esters is 1. The van der Waals surface area contributed by atoms with E-state index >= 15 is 0 Å². The average molecular weight is 689 g/mol. The standard InChI is InChI=1S/C28H35BrFN3O9S/c1-18(19-10-12-31(13-11-19)27(35)42-28(2,3)4)32(43(38,39)24-9-7-6-8-23(24)33(36)37)14-15-41-25-21(29)16-20(17-22(25)30)26(34)40-5/h6-9,16-19H,10-15H2,1-5H3/t18-/m0/s1. The Balaban J connectivity index is 1.86. The van der Waals surface area contributed by atoms with Crippen molar-refractivity contribution in [3.63, 3.8) is 0 Å². The van der Waals surface area contributed by atoms with Gasteiger partial charge in [0.05, 0.1) is 22.1 Å². The number of sulfonamides is 1. The van der Waals surface area contributed by atoms with Crippen LogP contribution in [-0.2, 0) is 19.5 Å². The SMILES string of the molecule is COC(=O)c1cc(F)c(OCCN([C@@H](C)C2CCN(C(=O)OC(C)(C)C)CC2)S(=O)(=O)c2ccccc2[N+](=O)[O-])c(Br)c1. The Morgan fingerprint density at radius 2 is 1.84 bits per heavy atom. The van der Waals surface area contributed by atoms with Crippen LogP contribution in [0, 0.1) is 21.8 Å². The number of methoxy groups -OCH3 is 1. The molecule has 0 aliphatic carbocycles. The van der Waals surface area contributed by atoms with Gasteiger partial charge in [-0.05, 0) is 80.6 Å². The quantitative estimate of drug-likeness (QED) is 0.182. The van der Waals surface area contributed by atoms with Crippen molar-refractivity contribution in [1.82, 2.24) is 9.21 Å². The molecule has 0 saturated carbocycles. The molecular formula is C28H35BrFN3O9S. The molecule has 15 heteroatoms. The Kier molecular flexibility index (Phi) is 11.1. The number of benzene rings is 2. The van der Waals surface area contributed by atoms with Gasteiger partial charge in [0.25, 0.3) is 5.69 Å². The zero-order valence-electron chi connectivity index (χ0n) is 24.5. The molecule has 0 aromatic heterocycles. The summed E-state index contributed by atoms with van der Waals surface area (Å²) < 4.78 is 59.6. The Labute approximate surface area is 258 Å². The van der Waals surface area contributed by atoms with Crippen molar-refractivity contribution >= 4 is 43.7 Å². The van der Waals surface area contributed by atoms with Crippen molar-refractivity contribution in [2.45, 2.75) is 57.1 Å². The lowest BCUT2D eigenvalue weighted by Gasteiger charge is -2.39. The minimum atomic E-state index is -4.44. The number of ether oxygens (including phenoxy) is 3. The number of nitro groups is 1. The number of piperidine rings is 1. The first-order chi connectivity index (χ1) is 20.1. The van der Waals surface area contributed by atoms with E-state index < -0.39 is 55.1 Å². The molecule has 3 rings (SSSR count). The van der Waals surface area contributed by atoms with Crippen molar-refractivity contribution in [2.24, 2.45) is 5.92 Å². The highest BCUT2D eigenvalue weighted by atomic mass is 79.9. The van der Waals surface area contributed by atoms with Gasteiger partial charge in [-0.15, -0.1) is 0 Å². The summed E-state index contributed by atoms with van der Waals surface area (Å²) in [7, 11) is -3.28. The lowest BCUT2D eigenvalue weighted by atomic mass is 9.90. The number of rotatable bonds is 10. The summed E-state index contributed by atoms with van der Waals surface area (Å²) in [5.74, 6) is -2.07. The molecule has 12 nitrogen and oxygen atoms in total. The molecule has 0 unspecified atom stereocenters. The molecule has 1 amide bonds. The maximum atomic E-state index is 14.8. The molecule has 2 aromatic carbocycles. The van der Waals surface area contributed by atoms with Gasteiger partial charge in [0, 0.05) is 31.7 Å². The second-order valence-corrected chi connectivity index (χ2v) is 13.7. The molecule has 43 heavy (non-hydrogen) atoms. The van der Waals surface area contributed by atoms with Crippen LogP contribution >= 0.6 is 15.9 Å². The van der Waals surface area contributed by atoms with Gasteiger partial charge in [-0.3, -0.25) is 10.1 Å². The highest BCUT2D eigenvalue weighted by molar-refractivity contribution is 9.10. The van der Waals surface area contributed by atoms with Crippen molar-refractivity contribution in [3.8, 4) is 5.75 Å². The largest absolute Gasteiger partial charge is 0.488 e. The van der Waals surface area contributed by atoms with E-state index in [-0.39, 0.29) is 34.9 Å². The summed E-state index contributed by atoms with van der Waals surface area (Å²) in [6.07, 6.45) is 0.459. The Morgan fingerprint density at radius 3 is 2.40 bits per heavy atom. The van der Waals surface area contributed by atoms with E-state index in [1.807, 2.05) is 0 Å². The van der Waals surface area contributed by atoms with Gasteiger partial charge in [-0.1, -0.05) is 12.1 Å². The molecule has 1 aliphatic rings. The number of amides is 1. The summed E-state index contributed by atoms with van der Waals surface area (Å²) in [6.45, 7) is 7.10. The third kappa shape index (κ3) is 8.42. The van der Waals surface area contributed by atoms with Gasteiger partial charge in [0.15, 0.2) is 16.5 Å².